The van der Waals surface area contributed by atoms with E-state index in [2.05, 4.69) is 15.4 Å². The Morgan fingerprint density at radius 3 is 2.43 bits per heavy atom. The van der Waals surface area contributed by atoms with Gasteiger partial charge in [-0.05, 0) is 44.5 Å². The molecule has 6 heteroatoms. The first-order valence-electron chi connectivity index (χ1n) is 6.92. The van der Waals surface area contributed by atoms with E-state index in [1.807, 2.05) is 20.8 Å². The van der Waals surface area contributed by atoms with Gasteiger partial charge in [0, 0.05) is 6.54 Å². The molecule has 0 saturated heterocycles. The van der Waals surface area contributed by atoms with E-state index < -0.39 is 12.2 Å². The molecule has 0 aliphatic heterocycles. The van der Waals surface area contributed by atoms with Crippen molar-refractivity contribution in [1.29, 1.82) is 0 Å². The number of alkyl halides is 2. The van der Waals surface area contributed by atoms with Gasteiger partial charge in [-0.15, -0.1) is 0 Å². The monoisotopic (exact) mass is 300 g/mol. The van der Waals surface area contributed by atoms with Gasteiger partial charge in [0.05, 0.1) is 5.54 Å². The molecule has 0 aromatic heterocycles. The molecule has 1 amide bonds. The van der Waals surface area contributed by atoms with Crippen LogP contribution < -0.4 is 15.4 Å². The second-order valence-electron chi connectivity index (χ2n) is 5.18. The summed E-state index contributed by atoms with van der Waals surface area (Å²) in [5.41, 5.74) is 0.335. The molecule has 1 aromatic carbocycles. The number of hydrogen-bond acceptors (Lipinski definition) is 3. The Hall–Kier alpha value is -1.69. The number of carbonyl (C=O) groups is 1. The van der Waals surface area contributed by atoms with E-state index in [9.17, 15) is 13.6 Å². The Morgan fingerprint density at radius 1 is 1.29 bits per heavy atom. The van der Waals surface area contributed by atoms with Crippen molar-refractivity contribution in [1.82, 2.24) is 10.6 Å². The van der Waals surface area contributed by atoms with Gasteiger partial charge in [-0.25, -0.2) is 0 Å². The predicted octanol–water partition coefficient (Wildman–Crippen LogP) is 2.33. The van der Waals surface area contributed by atoms with E-state index in [-0.39, 0.29) is 11.7 Å². The molecule has 0 atom stereocenters. The van der Waals surface area contributed by atoms with Crippen molar-refractivity contribution < 1.29 is 18.3 Å². The maximum atomic E-state index is 12.0. The Bertz CT molecular complexity index is 447. The van der Waals surface area contributed by atoms with Crippen LogP contribution >= 0.6 is 0 Å². The van der Waals surface area contributed by atoms with Gasteiger partial charge in [0.25, 0.3) is 0 Å². The third-order valence-corrected chi connectivity index (χ3v) is 3.03. The number of rotatable bonds is 8. The number of likely N-dealkylation sites (N-methyl/N-ethyl adjacent to an activating group) is 1. The number of nitrogens with one attached hydrogen (secondary N) is 2. The van der Waals surface area contributed by atoms with Crippen molar-refractivity contribution in [2.24, 2.45) is 0 Å². The van der Waals surface area contributed by atoms with Gasteiger partial charge < -0.3 is 15.4 Å². The molecule has 2 N–H and O–H groups in total. The highest BCUT2D eigenvalue weighted by atomic mass is 19.3. The van der Waals surface area contributed by atoms with Crippen LogP contribution in [0.4, 0.5) is 8.78 Å². The summed E-state index contributed by atoms with van der Waals surface area (Å²) in [6.07, 6.45) is 0.628. The van der Waals surface area contributed by atoms with Gasteiger partial charge in [0.1, 0.15) is 5.75 Å². The van der Waals surface area contributed by atoms with Crippen molar-refractivity contribution in [2.75, 3.05) is 13.1 Å². The van der Waals surface area contributed by atoms with Gasteiger partial charge in [0.2, 0.25) is 5.91 Å². The molecular formula is C15H22F2N2O2. The predicted molar refractivity (Wildman–Crippen MR) is 77.5 cm³/mol. The fraction of sp³-hybridized carbons (Fsp3) is 0.533. The molecule has 118 valence electrons. The van der Waals surface area contributed by atoms with Gasteiger partial charge in [-0.2, -0.15) is 8.78 Å². The summed E-state index contributed by atoms with van der Waals surface area (Å²) < 4.78 is 28.3. The number of halogens is 2. The average molecular weight is 300 g/mol. The molecule has 1 aromatic rings. The minimum absolute atomic E-state index is 0.0676. The second kappa shape index (κ2) is 7.93. The van der Waals surface area contributed by atoms with Crippen LogP contribution in [0.1, 0.15) is 26.3 Å². The van der Waals surface area contributed by atoms with Crippen molar-refractivity contribution in [3.05, 3.63) is 29.8 Å². The largest absolute Gasteiger partial charge is 0.435 e. The highest BCUT2D eigenvalue weighted by molar-refractivity contribution is 5.85. The van der Waals surface area contributed by atoms with Crippen LogP contribution in [0.5, 0.6) is 5.75 Å². The summed E-state index contributed by atoms with van der Waals surface area (Å²) in [6.45, 7) is 3.97. The van der Waals surface area contributed by atoms with Gasteiger partial charge in [-0.3, -0.25) is 4.79 Å². The van der Waals surface area contributed by atoms with Crippen LogP contribution in [0.3, 0.4) is 0 Å². The zero-order chi connectivity index (χ0) is 15.9. The quantitative estimate of drug-likeness (QED) is 0.775. The Morgan fingerprint density at radius 2 is 1.90 bits per heavy atom. The SMILES string of the molecule is CCNC(C)(C)C(=O)NCCc1ccc(OC(F)F)cc1. The lowest BCUT2D eigenvalue weighted by Gasteiger charge is -2.24. The summed E-state index contributed by atoms with van der Waals surface area (Å²) >= 11 is 0. The molecule has 21 heavy (non-hydrogen) atoms. The van der Waals surface area contributed by atoms with Crippen LogP contribution in [0.15, 0.2) is 24.3 Å². The standard InChI is InChI=1S/C15H22F2N2O2/c1-4-19-15(2,3)13(20)18-10-9-11-5-7-12(8-6-11)21-14(16)17/h5-8,14,19H,4,9-10H2,1-3H3,(H,18,20). The highest BCUT2D eigenvalue weighted by Crippen LogP contribution is 2.15. The molecule has 0 radical (unpaired) electrons. The lowest BCUT2D eigenvalue weighted by molar-refractivity contribution is -0.126. The van der Waals surface area contributed by atoms with Crippen LogP contribution in [-0.2, 0) is 11.2 Å². The van der Waals surface area contributed by atoms with E-state index in [4.69, 9.17) is 0 Å². The van der Waals surface area contributed by atoms with Crippen LogP contribution in [0.2, 0.25) is 0 Å². The average Bonchev–Trinajstić information content (AvgIpc) is 2.40. The summed E-state index contributed by atoms with van der Waals surface area (Å²) in [7, 11) is 0. The van der Waals surface area contributed by atoms with E-state index in [0.717, 1.165) is 5.56 Å². The lowest BCUT2D eigenvalue weighted by Crippen LogP contribution is -2.52. The maximum absolute atomic E-state index is 12.0. The van der Waals surface area contributed by atoms with Gasteiger partial charge in [0.15, 0.2) is 0 Å². The van der Waals surface area contributed by atoms with Crippen molar-refractivity contribution >= 4 is 5.91 Å². The smallest absolute Gasteiger partial charge is 0.387 e. The van der Waals surface area contributed by atoms with Crippen LogP contribution in [-0.4, -0.2) is 31.1 Å². The zero-order valence-electron chi connectivity index (χ0n) is 12.6. The van der Waals surface area contributed by atoms with Gasteiger partial charge >= 0.3 is 6.61 Å². The molecule has 0 spiro atoms. The first-order valence-corrected chi connectivity index (χ1v) is 6.92. The molecule has 4 nitrogen and oxygen atoms in total. The fourth-order valence-corrected chi connectivity index (χ4v) is 1.90. The number of ether oxygens (including phenoxy) is 1. The summed E-state index contributed by atoms with van der Waals surface area (Å²) in [4.78, 5) is 11.9. The molecule has 0 unspecified atom stereocenters. The Balaban J connectivity index is 2.40. The topological polar surface area (TPSA) is 50.4 Å². The van der Waals surface area contributed by atoms with Crippen molar-refractivity contribution in [3.8, 4) is 5.75 Å². The summed E-state index contributed by atoms with van der Waals surface area (Å²) in [5, 5.41) is 5.95. The Kier molecular flexibility index (Phi) is 6.55. The minimum Gasteiger partial charge on any atom is -0.435 e. The van der Waals surface area contributed by atoms with E-state index >= 15 is 0 Å². The zero-order valence-corrected chi connectivity index (χ0v) is 12.6. The number of amides is 1. The Labute approximate surface area is 123 Å². The summed E-state index contributed by atoms with van der Waals surface area (Å²) in [6, 6.07) is 6.40. The first kappa shape index (κ1) is 17.4. The van der Waals surface area contributed by atoms with Crippen LogP contribution in [0.25, 0.3) is 0 Å². The maximum Gasteiger partial charge on any atom is 0.387 e. The van der Waals surface area contributed by atoms with Crippen LogP contribution in [0, 0.1) is 0 Å². The number of carbonyl (C=O) groups excluding carboxylic acids is 1. The van der Waals surface area contributed by atoms with Crippen molar-refractivity contribution in [2.45, 2.75) is 39.3 Å². The molecule has 0 fully saturated rings. The fourth-order valence-electron chi connectivity index (χ4n) is 1.90. The molecular weight excluding hydrogens is 278 g/mol. The van der Waals surface area contributed by atoms with E-state index in [1.165, 1.54) is 12.1 Å². The molecule has 0 aliphatic rings. The minimum atomic E-state index is -2.82. The molecule has 1 rings (SSSR count). The molecule has 0 saturated carbocycles. The lowest BCUT2D eigenvalue weighted by atomic mass is 10.0. The molecule has 0 heterocycles. The number of benzene rings is 1. The van der Waals surface area contributed by atoms with E-state index in [1.54, 1.807) is 12.1 Å². The third kappa shape index (κ3) is 6.08. The highest BCUT2D eigenvalue weighted by Gasteiger charge is 2.25. The number of hydrogen-bond donors (Lipinski definition) is 2. The molecule has 0 bridgehead atoms. The van der Waals surface area contributed by atoms with E-state index in [0.29, 0.717) is 19.5 Å². The summed E-state index contributed by atoms with van der Waals surface area (Å²) in [5.74, 6) is 0.0630. The molecule has 0 aliphatic carbocycles. The third-order valence-electron chi connectivity index (χ3n) is 3.03. The second-order valence-corrected chi connectivity index (χ2v) is 5.18. The normalized spacial score (nSPS) is 11.5. The van der Waals surface area contributed by atoms with Gasteiger partial charge in [-0.1, -0.05) is 19.1 Å². The van der Waals surface area contributed by atoms with Crippen molar-refractivity contribution in [3.63, 3.8) is 0 Å². The first-order chi connectivity index (χ1) is 9.85.